The van der Waals surface area contributed by atoms with Crippen LogP contribution in [0.25, 0.3) is 0 Å². The van der Waals surface area contributed by atoms with E-state index in [0.29, 0.717) is 17.1 Å². The average molecular weight is 319 g/mol. The van der Waals surface area contributed by atoms with Crippen molar-refractivity contribution in [3.8, 4) is 0 Å². The topological polar surface area (TPSA) is 20.3 Å². The predicted octanol–water partition coefficient (Wildman–Crippen LogP) is 4.36. The lowest BCUT2D eigenvalue weighted by Crippen LogP contribution is -2.38. The van der Waals surface area contributed by atoms with Gasteiger partial charge in [-0.25, -0.2) is 0 Å². The van der Waals surface area contributed by atoms with Crippen molar-refractivity contribution in [2.24, 2.45) is 0 Å². The van der Waals surface area contributed by atoms with Crippen LogP contribution < -0.4 is 0 Å². The fraction of sp³-hybridized carbons (Fsp3) is 0.462. The Bertz CT molecular complexity index is 388. The zero-order chi connectivity index (χ0) is 13.0. The molecule has 4 heteroatoms. The molecule has 94 valence electrons. The van der Waals surface area contributed by atoms with Gasteiger partial charge >= 0.3 is 0 Å². The van der Waals surface area contributed by atoms with E-state index < -0.39 is 0 Å². The van der Waals surface area contributed by atoms with E-state index in [1.54, 1.807) is 18.2 Å². The molecule has 0 spiro atoms. The Balaban J connectivity index is 3.01. The van der Waals surface area contributed by atoms with E-state index in [-0.39, 0.29) is 11.9 Å². The van der Waals surface area contributed by atoms with Crippen LogP contribution in [0.4, 0.5) is 0 Å². The Labute approximate surface area is 116 Å². The van der Waals surface area contributed by atoms with Crippen molar-refractivity contribution in [2.45, 2.75) is 33.2 Å². The smallest absolute Gasteiger partial charge is 0.254 e. The van der Waals surface area contributed by atoms with E-state index in [0.717, 1.165) is 10.9 Å². The Morgan fingerprint density at radius 3 is 2.53 bits per heavy atom. The molecular formula is C13H17BrClNO. The molecule has 0 saturated carbocycles. The highest BCUT2D eigenvalue weighted by atomic mass is 79.9. The summed E-state index contributed by atoms with van der Waals surface area (Å²) in [6, 6.07) is 5.53. The normalized spacial score (nSPS) is 12.3. The van der Waals surface area contributed by atoms with Crippen LogP contribution in [-0.2, 0) is 0 Å². The SMILES string of the molecule is CCC(C)N(CC)C(=O)c1cc(Cl)cc(Br)c1. The summed E-state index contributed by atoms with van der Waals surface area (Å²) >= 11 is 9.31. The van der Waals surface area contributed by atoms with Crippen molar-refractivity contribution in [1.29, 1.82) is 0 Å². The fourth-order valence-electron chi connectivity index (χ4n) is 1.72. The lowest BCUT2D eigenvalue weighted by atomic mass is 10.1. The number of hydrogen-bond acceptors (Lipinski definition) is 1. The third kappa shape index (κ3) is 3.71. The standard InChI is InChI=1S/C13H17BrClNO/c1-4-9(3)16(5-2)13(17)10-6-11(14)8-12(15)7-10/h6-9H,4-5H2,1-3H3. The maximum atomic E-state index is 12.3. The van der Waals surface area contributed by atoms with Gasteiger partial charge in [0.25, 0.3) is 5.91 Å². The molecule has 17 heavy (non-hydrogen) atoms. The molecule has 1 amide bonds. The molecule has 0 bridgehead atoms. The second-order valence-corrected chi connectivity index (χ2v) is 5.36. The molecule has 1 aromatic rings. The molecule has 0 N–H and O–H groups in total. The largest absolute Gasteiger partial charge is 0.336 e. The van der Waals surface area contributed by atoms with Gasteiger partial charge in [0.2, 0.25) is 0 Å². The first-order chi connectivity index (χ1) is 7.99. The Kier molecular flexibility index (Phi) is 5.47. The van der Waals surface area contributed by atoms with Gasteiger partial charge in [-0.05, 0) is 38.5 Å². The first kappa shape index (κ1) is 14.5. The van der Waals surface area contributed by atoms with Crippen LogP contribution in [0.5, 0.6) is 0 Å². The van der Waals surface area contributed by atoms with E-state index in [9.17, 15) is 4.79 Å². The lowest BCUT2D eigenvalue weighted by Gasteiger charge is -2.27. The molecule has 0 aromatic heterocycles. The summed E-state index contributed by atoms with van der Waals surface area (Å²) in [4.78, 5) is 14.2. The number of carbonyl (C=O) groups is 1. The van der Waals surface area contributed by atoms with Gasteiger partial charge < -0.3 is 4.90 Å². The highest BCUT2D eigenvalue weighted by molar-refractivity contribution is 9.10. The van der Waals surface area contributed by atoms with Crippen LogP contribution in [0.15, 0.2) is 22.7 Å². The molecule has 2 nitrogen and oxygen atoms in total. The summed E-state index contributed by atoms with van der Waals surface area (Å²) in [6.07, 6.45) is 0.946. The number of amides is 1. The fourth-order valence-corrected chi connectivity index (χ4v) is 2.58. The van der Waals surface area contributed by atoms with Gasteiger partial charge in [0.1, 0.15) is 0 Å². The van der Waals surface area contributed by atoms with Crippen LogP contribution in [-0.4, -0.2) is 23.4 Å². The molecule has 0 fully saturated rings. The van der Waals surface area contributed by atoms with E-state index in [2.05, 4.69) is 29.8 Å². The zero-order valence-electron chi connectivity index (χ0n) is 10.3. The molecule has 0 radical (unpaired) electrons. The molecule has 0 aliphatic rings. The minimum atomic E-state index is 0.0325. The number of nitrogens with zero attached hydrogens (tertiary/aromatic N) is 1. The second-order valence-electron chi connectivity index (χ2n) is 4.01. The Hall–Kier alpha value is -0.540. The lowest BCUT2D eigenvalue weighted by molar-refractivity contribution is 0.0700. The van der Waals surface area contributed by atoms with Crippen LogP contribution in [0.1, 0.15) is 37.6 Å². The number of benzene rings is 1. The molecular weight excluding hydrogens is 302 g/mol. The summed E-state index contributed by atoms with van der Waals surface area (Å²) in [7, 11) is 0. The van der Waals surface area contributed by atoms with Gasteiger partial charge in [-0.1, -0.05) is 34.5 Å². The van der Waals surface area contributed by atoms with Crippen LogP contribution in [0.3, 0.4) is 0 Å². The van der Waals surface area contributed by atoms with Crippen LogP contribution in [0.2, 0.25) is 5.02 Å². The van der Waals surface area contributed by atoms with Gasteiger partial charge in [0, 0.05) is 27.6 Å². The Morgan fingerprint density at radius 2 is 2.06 bits per heavy atom. The van der Waals surface area contributed by atoms with Crippen molar-refractivity contribution >= 4 is 33.4 Å². The third-order valence-corrected chi connectivity index (χ3v) is 3.51. The molecule has 0 aliphatic carbocycles. The van der Waals surface area contributed by atoms with E-state index in [1.165, 1.54) is 0 Å². The minimum absolute atomic E-state index is 0.0325. The molecule has 0 aliphatic heterocycles. The summed E-state index contributed by atoms with van der Waals surface area (Å²) in [5, 5.41) is 0.572. The maximum absolute atomic E-state index is 12.3. The van der Waals surface area contributed by atoms with Crippen molar-refractivity contribution in [3.63, 3.8) is 0 Å². The number of rotatable bonds is 4. The molecule has 1 rings (SSSR count). The van der Waals surface area contributed by atoms with Gasteiger partial charge in [-0.15, -0.1) is 0 Å². The van der Waals surface area contributed by atoms with Crippen molar-refractivity contribution < 1.29 is 4.79 Å². The van der Waals surface area contributed by atoms with Gasteiger partial charge in [-0.3, -0.25) is 4.79 Å². The van der Waals surface area contributed by atoms with Crippen molar-refractivity contribution in [3.05, 3.63) is 33.3 Å². The monoisotopic (exact) mass is 317 g/mol. The Morgan fingerprint density at radius 1 is 1.41 bits per heavy atom. The van der Waals surface area contributed by atoms with Gasteiger partial charge in [-0.2, -0.15) is 0 Å². The summed E-state index contributed by atoms with van der Waals surface area (Å²) in [5.74, 6) is 0.0325. The highest BCUT2D eigenvalue weighted by Gasteiger charge is 2.19. The van der Waals surface area contributed by atoms with Gasteiger partial charge in [0.05, 0.1) is 0 Å². The van der Waals surface area contributed by atoms with E-state index in [1.807, 2.05) is 11.8 Å². The van der Waals surface area contributed by atoms with Crippen LogP contribution >= 0.6 is 27.5 Å². The highest BCUT2D eigenvalue weighted by Crippen LogP contribution is 2.21. The molecule has 0 heterocycles. The van der Waals surface area contributed by atoms with E-state index >= 15 is 0 Å². The molecule has 1 atom stereocenters. The summed E-state index contributed by atoms with van der Waals surface area (Å²) in [5.41, 5.74) is 0.631. The third-order valence-electron chi connectivity index (χ3n) is 2.83. The minimum Gasteiger partial charge on any atom is -0.336 e. The second kappa shape index (κ2) is 6.41. The predicted molar refractivity (Wildman–Crippen MR) is 75.6 cm³/mol. The maximum Gasteiger partial charge on any atom is 0.254 e. The van der Waals surface area contributed by atoms with Crippen LogP contribution in [0, 0.1) is 0 Å². The molecule has 0 saturated heterocycles. The van der Waals surface area contributed by atoms with E-state index in [4.69, 9.17) is 11.6 Å². The quantitative estimate of drug-likeness (QED) is 0.807. The van der Waals surface area contributed by atoms with Gasteiger partial charge in [0.15, 0.2) is 0 Å². The van der Waals surface area contributed by atoms with Crippen molar-refractivity contribution in [1.82, 2.24) is 4.90 Å². The van der Waals surface area contributed by atoms with Crippen molar-refractivity contribution in [2.75, 3.05) is 6.54 Å². The average Bonchev–Trinajstić information content (AvgIpc) is 2.28. The first-order valence-electron chi connectivity index (χ1n) is 5.76. The summed E-state index contributed by atoms with van der Waals surface area (Å²) in [6.45, 7) is 6.83. The zero-order valence-corrected chi connectivity index (χ0v) is 12.7. The number of halogens is 2. The molecule has 1 aromatic carbocycles. The summed E-state index contributed by atoms with van der Waals surface area (Å²) < 4.78 is 0.827. The number of hydrogen-bond donors (Lipinski definition) is 0. The first-order valence-corrected chi connectivity index (χ1v) is 6.93. The molecule has 1 unspecified atom stereocenters. The number of carbonyl (C=O) groups excluding carboxylic acids is 1.